The second kappa shape index (κ2) is 65.9. The van der Waals surface area contributed by atoms with Crippen molar-refractivity contribution in [2.45, 2.75) is 484 Å². The van der Waals surface area contributed by atoms with Gasteiger partial charge in [0.15, 0.2) is 0 Å². The number of aliphatic hydroxyl groups is 1. The van der Waals surface area contributed by atoms with Gasteiger partial charge in [0.05, 0.1) is 17.0 Å². The maximum atomic E-state index is 9.67. The van der Waals surface area contributed by atoms with Gasteiger partial charge in [-0.15, -0.1) is 5.41 Å². The molecule has 16 rings (SSSR count). The molecule has 0 unspecified atom stereocenters. The van der Waals surface area contributed by atoms with Crippen LogP contribution in [0.5, 0.6) is 5.75 Å². The Balaban J connectivity index is 0.000000215. The summed E-state index contributed by atoms with van der Waals surface area (Å²) >= 11 is -5.05. The van der Waals surface area contributed by atoms with Crippen LogP contribution in [0.4, 0.5) is 41.4 Å². The third-order valence-corrected chi connectivity index (χ3v) is 52.3. The van der Waals surface area contributed by atoms with Crippen molar-refractivity contribution in [2.75, 3.05) is 50.7 Å². The van der Waals surface area contributed by atoms with Crippen LogP contribution in [-0.4, -0.2) is 97.6 Å². The fourth-order valence-electron chi connectivity index (χ4n) is 25.8. The average molecular weight is 2490 g/mol. The molecule has 848 valence electrons. The summed E-state index contributed by atoms with van der Waals surface area (Å²) in [4.78, 5) is 12.6. The van der Waals surface area contributed by atoms with Gasteiger partial charge in [-0.05, 0) is 206 Å². The topological polar surface area (TPSA) is 29.0 Å². The van der Waals surface area contributed by atoms with Crippen LogP contribution in [0.3, 0.4) is 0 Å². The minimum atomic E-state index is -3.67. The summed E-state index contributed by atoms with van der Waals surface area (Å²) in [6.45, 7) is 71.0. The molecule has 3 saturated heterocycles. The van der Waals surface area contributed by atoms with E-state index >= 15 is 0 Å². The van der Waals surface area contributed by atoms with Crippen molar-refractivity contribution in [3.05, 3.63) is 232 Å². The maximum Gasteiger partial charge on any atom is -1.00 e. The van der Waals surface area contributed by atoms with Crippen molar-refractivity contribution in [2.24, 2.45) is 5.41 Å². The largest absolute Gasteiger partial charge is 1.00 e. The Morgan fingerprint density at radius 1 is 0.333 bits per heavy atom. The SMILES string of the molecule is C1CCC([PH+](C2CCCCC2)C2CCCCC2)CC1.CC(C)[OH+]c1ccccc1[CH]=[Ru]([Cl])[Cl].CC(C)c1cccc(C(C)C)c1N1[CH-]C(C)(C)CC1(C)C.CC(C)c1cccc(C(C)C)c1N1[CH-]N(c2c(C(C)C)cccc2C(C)C)CC1.CC(C)c1cccc(C(C)C)c1N1[CH-]N(c2c(C(C)C)cccc2C(C)C)CC1.FB(F)F.[Cl][Ru]([Cl])=[CH][P+](C1CCCCC1)(C1CCCCC1)C1CCCCC1.[Cl][Ru]([Cl])=[CH]c1ccccc1.[F-]. The smallest absolute Gasteiger partial charge is 1.00 e. The van der Waals surface area contributed by atoms with Crippen LogP contribution in [0.25, 0.3) is 0 Å². The second-order valence-corrected chi connectivity index (χ2v) is 74.2. The van der Waals surface area contributed by atoms with Gasteiger partial charge in [0.2, 0.25) is 0 Å². The summed E-state index contributed by atoms with van der Waals surface area (Å²) in [6.07, 6.45) is 47.5. The molecule has 0 amide bonds. The van der Waals surface area contributed by atoms with E-state index in [4.69, 9.17) is 58.1 Å². The molecule has 0 atom stereocenters. The van der Waals surface area contributed by atoms with E-state index in [2.05, 4.69) is 311 Å². The number of hydrogen-bond donors (Lipinski definition) is 0. The molecule has 22 heteroatoms. The first-order chi connectivity index (χ1) is 70.8. The van der Waals surface area contributed by atoms with Crippen molar-refractivity contribution < 1.29 is 62.9 Å². The number of ether oxygens (including phenoxy) is 1. The first-order valence-electron chi connectivity index (χ1n) is 57.9. The molecular weight excluding hydrogens is 2290 g/mol. The van der Waals surface area contributed by atoms with E-state index in [1.165, 1.54) is 204 Å². The Labute approximate surface area is 954 Å². The molecule has 1 N–H and O–H groups in total. The molecule has 7 aromatic rings. The number of aromatic hydroxyl groups is 1. The molecular formula is C128H197BCl6F4N5OP2Ru3-. The van der Waals surface area contributed by atoms with E-state index in [-0.39, 0.29) is 29.7 Å². The fraction of sp³-hybridized carbons (Fsp3) is 0.625. The fourth-order valence-corrected chi connectivity index (χ4v) is 50.2. The minimum Gasteiger partial charge on any atom is -1.00 e. The molecule has 9 aliphatic rings. The third-order valence-electron chi connectivity index (χ3n) is 32.4. The quantitative estimate of drug-likeness (QED) is 0.0177. The zero-order valence-electron chi connectivity index (χ0n) is 96.9. The molecule has 7 aromatic carbocycles. The molecule has 9 fully saturated rings. The molecule has 0 radical (unpaired) electrons. The van der Waals surface area contributed by atoms with Gasteiger partial charge in [-0.1, -0.05) is 269 Å². The second-order valence-electron chi connectivity index (χ2n) is 48.6. The average Bonchev–Trinajstić information content (AvgIpc) is 1.24. The van der Waals surface area contributed by atoms with Crippen molar-refractivity contribution in [1.29, 1.82) is 0 Å². The van der Waals surface area contributed by atoms with Crippen LogP contribution in [0, 0.1) is 25.3 Å². The van der Waals surface area contributed by atoms with Crippen molar-refractivity contribution in [3.63, 3.8) is 0 Å². The van der Waals surface area contributed by atoms with Crippen molar-refractivity contribution in [1.82, 2.24) is 0 Å². The van der Waals surface area contributed by atoms with Gasteiger partial charge in [-0.25, -0.2) is 6.54 Å². The zero-order valence-corrected chi connectivity index (χ0v) is 109. The summed E-state index contributed by atoms with van der Waals surface area (Å²) in [5, 5.41) is 0. The van der Waals surface area contributed by atoms with Gasteiger partial charge in [0.1, 0.15) is 0 Å². The van der Waals surface area contributed by atoms with Crippen LogP contribution in [0.1, 0.15) is 505 Å². The van der Waals surface area contributed by atoms with Crippen LogP contribution in [-0.2, 0) is 40.6 Å². The Morgan fingerprint density at radius 3 is 0.813 bits per heavy atom. The monoisotopic (exact) mass is 2490 g/mol. The van der Waals surface area contributed by atoms with Crippen molar-refractivity contribution >= 4 is 123 Å². The van der Waals surface area contributed by atoms with E-state index in [0.717, 1.165) is 60.0 Å². The van der Waals surface area contributed by atoms with E-state index < -0.39 is 55.4 Å². The number of anilines is 5. The summed E-state index contributed by atoms with van der Waals surface area (Å²) in [7, 11) is 31.4. The van der Waals surface area contributed by atoms with Gasteiger partial charge in [0.25, 0.3) is 0 Å². The van der Waals surface area contributed by atoms with Crippen LogP contribution < -0.4 is 29.2 Å². The van der Waals surface area contributed by atoms with Crippen LogP contribution in [0.15, 0.2) is 146 Å². The Hall–Kier alpha value is -2.79. The van der Waals surface area contributed by atoms with E-state index in [1.54, 1.807) is 96.3 Å². The number of benzene rings is 7. The van der Waals surface area contributed by atoms with Gasteiger partial charge in [-0.2, -0.15) is 13.3 Å². The zero-order chi connectivity index (χ0) is 109. The number of para-hydroxylation sites is 6. The molecule has 3 heterocycles. The molecule has 0 bridgehead atoms. The summed E-state index contributed by atoms with van der Waals surface area (Å²) in [5.74, 6) is 6.18. The number of halogens is 10. The predicted octanol–water partition coefficient (Wildman–Crippen LogP) is 39.3. The molecule has 150 heavy (non-hydrogen) atoms. The minimum absolute atomic E-state index is 0. The Bertz CT molecular complexity index is 4680. The Kier molecular flexibility index (Phi) is 58.2. The predicted molar refractivity (Wildman–Crippen MR) is 657 cm³/mol. The van der Waals surface area contributed by atoms with Gasteiger partial charge in [-0.3, -0.25) is 12.9 Å². The molecule has 0 spiro atoms. The summed E-state index contributed by atoms with van der Waals surface area (Å²) in [6, 6.07) is 52.0. The van der Waals surface area contributed by atoms with Crippen LogP contribution in [0.2, 0.25) is 0 Å². The number of hydrogen-bond acceptors (Lipinski definition) is 5. The molecule has 3 aliphatic heterocycles. The third kappa shape index (κ3) is 39.6. The first-order valence-corrected chi connectivity index (χ1v) is 78.1. The van der Waals surface area contributed by atoms with Gasteiger partial charge < -0.3 is 29.2 Å². The molecule has 6 saturated carbocycles. The standard InChI is InChI=1S/2C27H39N2.C20H32N.C19H34P.C18H33P.C10H12O.C7H6.BF3.6ClH.FH.3Ru/c2*1-18(2)22-11-9-12-23(19(3)4)26(22)28-15-16-29(17-28)27-24(20(5)6)13-10-14-25(27)21(7)8;1-14(2)16-10-9-11-17(15(3)4)18(16)21-13-19(5,6)12-20(21,7)8;1-20(17-11-5-2-6-12-17,18-13-7-3-8-14-18)19-15-9-4-10-16-19;1-4-10-16(11-5-1)19(17-12-6-2-7-13-17)18-14-8-3-9-15-18;1-8(2)11-10-7-5-4-6-9(10)3;1-7-5-3-2-4-6-7;2-1(3)4;;;;;;;;;;/h2*9-14,17-21H,15-16H2,1-8H3;9-11,13-15H,12H2,1-8H3;1,17-19H,2-16H2;16-18H,1-15H2;3-8H,1-2H3;1-6H;;7*1H;;;/q3*-1;+1;;;;;;;;;;;;3*+2/p-5. The molecule has 0 aromatic heterocycles. The normalized spacial score (nSPS) is 18.4. The van der Waals surface area contributed by atoms with E-state index in [1.807, 2.05) is 77.7 Å². The van der Waals surface area contributed by atoms with E-state index in [0.29, 0.717) is 59.2 Å². The number of rotatable bonds is 26. The van der Waals surface area contributed by atoms with Crippen molar-refractivity contribution in [3.8, 4) is 5.75 Å². The van der Waals surface area contributed by atoms with Gasteiger partial charge >= 0.3 is 337 Å². The molecule has 6 nitrogen and oxygen atoms in total. The number of nitrogens with zero attached hydrogens (tertiary/aromatic N) is 5. The van der Waals surface area contributed by atoms with Gasteiger partial charge in [0, 0.05) is 68.1 Å². The Morgan fingerprint density at radius 2 is 0.580 bits per heavy atom. The first kappa shape index (κ1) is 132. The molecule has 6 aliphatic carbocycles. The van der Waals surface area contributed by atoms with Crippen LogP contribution >= 0.6 is 73.3 Å². The van der Waals surface area contributed by atoms with E-state index in [9.17, 15) is 12.9 Å². The maximum absolute atomic E-state index is 9.67. The summed E-state index contributed by atoms with van der Waals surface area (Å²) < 4.78 is 40.0. The summed E-state index contributed by atoms with van der Waals surface area (Å²) in [5.41, 5.74) is 31.0.